The monoisotopic (exact) mass is 321 g/mol. The normalized spacial score (nSPS) is 16.9. The molecule has 23 heavy (non-hydrogen) atoms. The standard InChI is InChI=1S/C17H27N3O3/c1-17(2,3)23-16(22)20-8-4-7-19(9-10-20)12-13-5-6-15(21)14(18)11-13/h5-6,11,21H,4,7-10,12,18H2,1-3H3. The number of nitrogens with zero attached hydrogens (tertiary/aromatic N) is 2. The van der Waals surface area contributed by atoms with Crippen LogP contribution < -0.4 is 5.73 Å². The molecule has 0 aliphatic carbocycles. The summed E-state index contributed by atoms with van der Waals surface area (Å²) in [5, 5.41) is 9.49. The number of benzene rings is 1. The van der Waals surface area contributed by atoms with Crippen LogP contribution in [0.4, 0.5) is 10.5 Å². The number of phenols is 1. The second kappa shape index (κ2) is 7.08. The van der Waals surface area contributed by atoms with E-state index >= 15 is 0 Å². The molecule has 0 saturated carbocycles. The van der Waals surface area contributed by atoms with E-state index in [2.05, 4.69) is 4.90 Å². The Bertz CT molecular complexity index is 555. The molecule has 1 aliphatic heterocycles. The van der Waals surface area contributed by atoms with E-state index in [9.17, 15) is 9.90 Å². The van der Waals surface area contributed by atoms with Crippen molar-refractivity contribution in [3.05, 3.63) is 23.8 Å². The van der Waals surface area contributed by atoms with Crippen LogP contribution in [0.1, 0.15) is 32.8 Å². The molecule has 0 unspecified atom stereocenters. The van der Waals surface area contributed by atoms with Crippen LogP contribution in [0.25, 0.3) is 0 Å². The SMILES string of the molecule is CC(C)(C)OC(=O)N1CCCN(Cc2ccc(O)c(N)c2)CC1. The Morgan fingerprint density at radius 3 is 2.65 bits per heavy atom. The van der Waals surface area contributed by atoms with Gasteiger partial charge in [-0.3, -0.25) is 4.90 Å². The number of anilines is 1. The number of aromatic hydroxyl groups is 1. The highest BCUT2D eigenvalue weighted by molar-refractivity contribution is 5.68. The number of nitrogen functional groups attached to an aromatic ring is 1. The molecule has 0 bridgehead atoms. The number of ether oxygens (including phenoxy) is 1. The average Bonchev–Trinajstić information content (AvgIpc) is 2.67. The molecule has 0 aromatic heterocycles. The fourth-order valence-corrected chi connectivity index (χ4v) is 2.60. The molecule has 1 aliphatic rings. The highest BCUT2D eigenvalue weighted by Crippen LogP contribution is 2.21. The van der Waals surface area contributed by atoms with Crippen molar-refractivity contribution >= 4 is 11.8 Å². The molecule has 6 heteroatoms. The maximum Gasteiger partial charge on any atom is 0.410 e. The van der Waals surface area contributed by atoms with Crippen LogP contribution in [-0.4, -0.2) is 52.8 Å². The van der Waals surface area contributed by atoms with Gasteiger partial charge in [-0.05, 0) is 44.9 Å². The summed E-state index contributed by atoms with van der Waals surface area (Å²) in [6.07, 6.45) is 0.667. The Morgan fingerprint density at radius 2 is 2.00 bits per heavy atom. The van der Waals surface area contributed by atoms with Crippen LogP contribution in [-0.2, 0) is 11.3 Å². The fraction of sp³-hybridized carbons (Fsp3) is 0.588. The third-order valence-electron chi connectivity index (χ3n) is 3.74. The molecule has 6 nitrogen and oxygen atoms in total. The molecule has 0 radical (unpaired) electrons. The summed E-state index contributed by atoms with van der Waals surface area (Å²) in [6, 6.07) is 5.30. The zero-order chi connectivity index (χ0) is 17.0. The summed E-state index contributed by atoms with van der Waals surface area (Å²) >= 11 is 0. The lowest BCUT2D eigenvalue weighted by Crippen LogP contribution is -2.39. The summed E-state index contributed by atoms with van der Waals surface area (Å²) in [5.74, 6) is 0.112. The molecule has 1 saturated heterocycles. The van der Waals surface area contributed by atoms with Crippen molar-refractivity contribution in [1.29, 1.82) is 0 Å². The van der Waals surface area contributed by atoms with Crippen molar-refractivity contribution in [3.8, 4) is 5.75 Å². The second-order valence-electron chi connectivity index (χ2n) is 6.99. The number of hydrogen-bond donors (Lipinski definition) is 2. The first-order valence-corrected chi connectivity index (χ1v) is 8.02. The molecular weight excluding hydrogens is 294 g/mol. The Balaban J connectivity index is 1.90. The zero-order valence-electron chi connectivity index (χ0n) is 14.2. The quantitative estimate of drug-likeness (QED) is 0.646. The largest absolute Gasteiger partial charge is 0.506 e. The lowest BCUT2D eigenvalue weighted by atomic mass is 10.1. The first-order valence-electron chi connectivity index (χ1n) is 8.02. The van der Waals surface area contributed by atoms with Gasteiger partial charge in [0.1, 0.15) is 11.4 Å². The number of carbonyl (C=O) groups excluding carboxylic acids is 1. The Labute approximate surface area is 137 Å². The van der Waals surface area contributed by atoms with Crippen molar-refractivity contribution < 1.29 is 14.6 Å². The van der Waals surface area contributed by atoms with Crippen molar-refractivity contribution in [2.24, 2.45) is 0 Å². The first-order chi connectivity index (χ1) is 10.7. The number of hydrogen-bond acceptors (Lipinski definition) is 5. The van der Waals surface area contributed by atoms with E-state index in [1.807, 2.05) is 26.8 Å². The van der Waals surface area contributed by atoms with Gasteiger partial charge in [0.2, 0.25) is 0 Å². The number of carbonyl (C=O) groups is 1. The summed E-state index contributed by atoms with van der Waals surface area (Å²) in [7, 11) is 0. The van der Waals surface area contributed by atoms with Gasteiger partial charge in [-0.15, -0.1) is 0 Å². The minimum Gasteiger partial charge on any atom is -0.506 e. The lowest BCUT2D eigenvalue weighted by Gasteiger charge is -2.26. The number of rotatable bonds is 2. The maximum absolute atomic E-state index is 12.2. The summed E-state index contributed by atoms with van der Waals surface area (Å²) < 4.78 is 5.44. The van der Waals surface area contributed by atoms with Gasteiger partial charge in [-0.1, -0.05) is 6.07 Å². The average molecular weight is 321 g/mol. The van der Waals surface area contributed by atoms with Crippen LogP contribution in [0.2, 0.25) is 0 Å². The highest BCUT2D eigenvalue weighted by Gasteiger charge is 2.24. The van der Waals surface area contributed by atoms with Gasteiger partial charge >= 0.3 is 6.09 Å². The Kier molecular flexibility index (Phi) is 5.36. The van der Waals surface area contributed by atoms with Gasteiger partial charge in [-0.2, -0.15) is 0 Å². The molecule has 128 valence electrons. The van der Waals surface area contributed by atoms with E-state index in [1.54, 1.807) is 17.0 Å². The molecule has 1 aromatic rings. The minimum atomic E-state index is -0.466. The van der Waals surface area contributed by atoms with Gasteiger partial charge in [0.25, 0.3) is 0 Å². The molecule has 1 amide bonds. The van der Waals surface area contributed by atoms with Gasteiger partial charge in [0, 0.05) is 32.7 Å². The third kappa shape index (κ3) is 5.32. The number of amides is 1. The van der Waals surface area contributed by atoms with Gasteiger partial charge < -0.3 is 20.5 Å². The molecule has 1 heterocycles. The molecule has 0 atom stereocenters. The van der Waals surface area contributed by atoms with Crippen molar-refractivity contribution in [3.63, 3.8) is 0 Å². The number of phenolic OH excluding ortho intramolecular Hbond substituents is 1. The molecule has 0 spiro atoms. The molecule has 1 fully saturated rings. The van der Waals surface area contributed by atoms with E-state index < -0.39 is 5.60 Å². The van der Waals surface area contributed by atoms with Gasteiger partial charge in [0.15, 0.2) is 0 Å². The Hall–Kier alpha value is -1.95. The molecule has 1 aromatic carbocycles. The molecule has 3 N–H and O–H groups in total. The summed E-state index contributed by atoms with van der Waals surface area (Å²) in [5.41, 5.74) is 6.73. The van der Waals surface area contributed by atoms with E-state index in [-0.39, 0.29) is 11.8 Å². The summed E-state index contributed by atoms with van der Waals surface area (Å²) in [6.45, 7) is 9.47. The van der Waals surface area contributed by atoms with Crippen molar-refractivity contribution in [1.82, 2.24) is 9.80 Å². The molecule has 2 rings (SSSR count). The predicted molar refractivity (Wildman–Crippen MR) is 90.2 cm³/mol. The van der Waals surface area contributed by atoms with Crippen LogP contribution in [0.3, 0.4) is 0 Å². The van der Waals surface area contributed by atoms with E-state index in [0.717, 1.165) is 31.6 Å². The van der Waals surface area contributed by atoms with Crippen LogP contribution in [0.5, 0.6) is 5.75 Å². The van der Waals surface area contributed by atoms with E-state index in [1.165, 1.54) is 0 Å². The van der Waals surface area contributed by atoms with Gasteiger partial charge in [-0.25, -0.2) is 4.79 Å². The lowest BCUT2D eigenvalue weighted by molar-refractivity contribution is 0.0257. The zero-order valence-corrected chi connectivity index (χ0v) is 14.2. The maximum atomic E-state index is 12.2. The smallest absolute Gasteiger partial charge is 0.410 e. The Morgan fingerprint density at radius 1 is 1.26 bits per heavy atom. The van der Waals surface area contributed by atoms with Crippen molar-refractivity contribution in [2.75, 3.05) is 31.9 Å². The van der Waals surface area contributed by atoms with Crippen LogP contribution in [0.15, 0.2) is 18.2 Å². The predicted octanol–water partition coefficient (Wildman–Crippen LogP) is 2.42. The minimum absolute atomic E-state index is 0.112. The highest BCUT2D eigenvalue weighted by atomic mass is 16.6. The summed E-state index contributed by atoms with van der Waals surface area (Å²) in [4.78, 5) is 16.2. The van der Waals surface area contributed by atoms with Gasteiger partial charge in [0.05, 0.1) is 5.69 Å². The second-order valence-corrected chi connectivity index (χ2v) is 6.99. The number of nitrogens with two attached hydrogens (primary N) is 1. The van der Waals surface area contributed by atoms with E-state index in [0.29, 0.717) is 18.8 Å². The third-order valence-corrected chi connectivity index (χ3v) is 3.74. The van der Waals surface area contributed by atoms with Crippen LogP contribution in [0, 0.1) is 0 Å². The van der Waals surface area contributed by atoms with Crippen molar-refractivity contribution in [2.45, 2.75) is 39.3 Å². The first kappa shape index (κ1) is 17.4. The van der Waals surface area contributed by atoms with E-state index in [4.69, 9.17) is 10.5 Å². The van der Waals surface area contributed by atoms with Crippen LogP contribution >= 0.6 is 0 Å². The molecular formula is C17H27N3O3. The fourth-order valence-electron chi connectivity index (χ4n) is 2.60. The topological polar surface area (TPSA) is 79.0 Å².